The summed E-state index contributed by atoms with van der Waals surface area (Å²) in [6.45, 7) is 1.58. The van der Waals surface area contributed by atoms with Crippen molar-refractivity contribution >= 4 is 28.4 Å². The second kappa shape index (κ2) is 5.11. The summed E-state index contributed by atoms with van der Waals surface area (Å²) in [5.41, 5.74) is 2.05. The Balaban J connectivity index is 2.90. The van der Waals surface area contributed by atoms with Crippen molar-refractivity contribution < 1.29 is 4.79 Å². The Morgan fingerprint density at radius 1 is 1.57 bits per heavy atom. The molecule has 0 fully saturated rings. The van der Waals surface area contributed by atoms with E-state index < -0.39 is 0 Å². The molecule has 0 spiro atoms. The third-order valence-electron chi connectivity index (χ3n) is 1.84. The molecule has 1 aromatic carbocycles. The Labute approximate surface area is 97.1 Å². The highest BCUT2D eigenvalue weighted by molar-refractivity contribution is 14.1. The van der Waals surface area contributed by atoms with E-state index in [1.807, 2.05) is 18.2 Å². The third-order valence-corrected chi connectivity index (χ3v) is 2.84. The lowest BCUT2D eigenvalue weighted by Crippen LogP contribution is -1.99. The van der Waals surface area contributed by atoms with Crippen molar-refractivity contribution in [2.75, 3.05) is 0 Å². The predicted octanol–water partition coefficient (Wildman–Crippen LogP) is 2.49. The van der Waals surface area contributed by atoms with Gasteiger partial charge < -0.3 is 0 Å². The largest absolute Gasteiger partial charge is 0.300 e. The van der Waals surface area contributed by atoms with E-state index in [0.29, 0.717) is 12.8 Å². The normalized spacial score (nSPS) is 9.50. The van der Waals surface area contributed by atoms with Gasteiger partial charge in [-0.15, -0.1) is 0 Å². The van der Waals surface area contributed by atoms with Crippen LogP contribution in [0.4, 0.5) is 0 Å². The van der Waals surface area contributed by atoms with Crippen molar-refractivity contribution in [2.24, 2.45) is 0 Å². The van der Waals surface area contributed by atoms with Crippen molar-refractivity contribution in [1.29, 1.82) is 5.26 Å². The smallest absolute Gasteiger partial charge is 0.134 e. The molecule has 0 aliphatic heterocycles. The first-order chi connectivity index (χ1) is 6.63. The van der Waals surface area contributed by atoms with Crippen molar-refractivity contribution in [2.45, 2.75) is 19.8 Å². The number of nitrogens with zero attached hydrogens (tertiary/aromatic N) is 1. The molecule has 0 aliphatic rings. The van der Waals surface area contributed by atoms with Gasteiger partial charge in [0.25, 0.3) is 0 Å². The van der Waals surface area contributed by atoms with Crippen molar-refractivity contribution in [3.05, 3.63) is 32.9 Å². The summed E-state index contributed by atoms with van der Waals surface area (Å²) in [6, 6.07) is 7.89. The highest BCUT2D eigenvalue weighted by Gasteiger charge is 2.03. The minimum Gasteiger partial charge on any atom is -0.300 e. The summed E-state index contributed by atoms with van der Waals surface area (Å²) in [4.78, 5) is 10.9. The number of nitriles is 1. The third kappa shape index (κ3) is 3.11. The average molecular weight is 299 g/mol. The lowest BCUT2D eigenvalue weighted by atomic mass is 10.1. The zero-order valence-corrected chi connectivity index (χ0v) is 10.0. The van der Waals surface area contributed by atoms with E-state index in [4.69, 9.17) is 5.26 Å². The first-order valence-corrected chi connectivity index (χ1v) is 5.35. The summed E-state index contributed by atoms with van der Waals surface area (Å²) in [7, 11) is 0. The quantitative estimate of drug-likeness (QED) is 0.805. The minimum absolute atomic E-state index is 0.163. The lowest BCUT2D eigenvalue weighted by Gasteiger charge is -2.03. The number of rotatable bonds is 3. The van der Waals surface area contributed by atoms with Crippen molar-refractivity contribution in [1.82, 2.24) is 0 Å². The molecule has 2 nitrogen and oxygen atoms in total. The van der Waals surface area contributed by atoms with E-state index in [1.165, 1.54) is 0 Å². The fraction of sp³-hybridized carbons (Fsp3) is 0.273. The van der Waals surface area contributed by atoms with Gasteiger partial charge in [-0.1, -0.05) is 12.1 Å². The average Bonchev–Trinajstić information content (AvgIpc) is 2.10. The number of halogens is 1. The van der Waals surface area contributed by atoms with Crippen LogP contribution in [0.5, 0.6) is 0 Å². The first kappa shape index (κ1) is 11.2. The number of hydrogen-bond acceptors (Lipinski definition) is 2. The minimum atomic E-state index is 0.163. The van der Waals surface area contributed by atoms with Gasteiger partial charge in [0.1, 0.15) is 5.78 Å². The SMILES string of the molecule is CC(=O)Cc1ccc(CC#N)cc1I. The van der Waals surface area contributed by atoms with Crippen LogP contribution in [-0.2, 0) is 17.6 Å². The summed E-state index contributed by atoms with van der Waals surface area (Å²) in [5.74, 6) is 0.163. The molecule has 0 N–H and O–H groups in total. The number of benzene rings is 1. The molecule has 0 saturated carbocycles. The molecule has 0 saturated heterocycles. The van der Waals surface area contributed by atoms with Crippen LogP contribution in [0.25, 0.3) is 0 Å². The fourth-order valence-corrected chi connectivity index (χ4v) is 1.97. The summed E-state index contributed by atoms with van der Waals surface area (Å²) >= 11 is 2.20. The topological polar surface area (TPSA) is 40.9 Å². The van der Waals surface area contributed by atoms with Gasteiger partial charge >= 0.3 is 0 Å². The number of carbonyl (C=O) groups is 1. The van der Waals surface area contributed by atoms with Gasteiger partial charge in [-0.05, 0) is 46.7 Å². The Bertz CT molecular complexity index is 393. The van der Waals surface area contributed by atoms with Gasteiger partial charge in [-0.2, -0.15) is 5.26 Å². The molecule has 0 bridgehead atoms. The van der Waals surface area contributed by atoms with Crippen LogP contribution in [0.15, 0.2) is 18.2 Å². The second-order valence-corrected chi connectivity index (χ2v) is 4.30. The van der Waals surface area contributed by atoms with E-state index in [1.54, 1.807) is 6.92 Å². The zero-order chi connectivity index (χ0) is 10.6. The molecule has 0 atom stereocenters. The molecule has 0 aromatic heterocycles. The Hall–Kier alpha value is -0.890. The van der Waals surface area contributed by atoms with Crippen LogP contribution in [-0.4, -0.2) is 5.78 Å². The van der Waals surface area contributed by atoms with E-state index in [2.05, 4.69) is 28.7 Å². The molecule has 0 radical (unpaired) electrons. The zero-order valence-electron chi connectivity index (χ0n) is 7.88. The molecular formula is C11H10INO. The van der Waals surface area contributed by atoms with E-state index in [9.17, 15) is 4.79 Å². The molecule has 3 heteroatoms. The number of ketones is 1. The number of hydrogen-bond donors (Lipinski definition) is 0. The summed E-state index contributed by atoms with van der Waals surface area (Å²) in [5, 5.41) is 8.52. The standard InChI is InChI=1S/C11H10INO/c1-8(14)6-10-3-2-9(4-5-13)7-11(10)12/h2-3,7H,4,6H2,1H3. The van der Waals surface area contributed by atoms with Crippen LogP contribution in [0.3, 0.4) is 0 Å². The van der Waals surface area contributed by atoms with Crippen molar-refractivity contribution in [3.8, 4) is 6.07 Å². The maximum absolute atomic E-state index is 10.9. The number of carbonyl (C=O) groups excluding carboxylic acids is 1. The maximum atomic E-state index is 10.9. The van der Waals surface area contributed by atoms with E-state index in [-0.39, 0.29) is 5.78 Å². The molecular weight excluding hydrogens is 289 g/mol. The highest BCUT2D eigenvalue weighted by Crippen LogP contribution is 2.15. The molecule has 1 aromatic rings. The van der Waals surface area contributed by atoms with Gasteiger partial charge in [0.15, 0.2) is 0 Å². The molecule has 0 aliphatic carbocycles. The molecule has 0 unspecified atom stereocenters. The predicted molar refractivity (Wildman–Crippen MR) is 62.9 cm³/mol. The van der Waals surface area contributed by atoms with Crippen LogP contribution in [0.1, 0.15) is 18.1 Å². The second-order valence-electron chi connectivity index (χ2n) is 3.14. The van der Waals surface area contributed by atoms with Crippen LogP contribution in [0, 0.1) is 14.9 Å². The monoisotopic (exact) mass is 299 g/mol. The van der Waals surface area contributed by atoms with Gasteiger partial charge in [-0.25, -0.2) is 0 Å². The first-order valence-electron chi connectivity index (χ1n) is 4.27. The van der Waals surface area contributed by atoms with Gasteiger partial charge in [0.05, 0.1) is 12.5 Å². The highest BCUT2D eigenvalue weighted by atomic mass is 127. The molecule has 0 heterocycles. The summed E-state index contributed by atoms with van der Waals surface area (Å²) < 4.78 is 1.06. The fourth-order valence-electron chi connectivity index (χ4n) is 1.20. The van der Waals surface area contributed by atoms with Crippen LogP contribution >= 0.6 is 22.6 Å². The lowest BCUT2D eigenvalue weighted by molar-refractivity contribution is -0.116. The molecule has 1 rings (SSSR count). The Morgan fingerprint density at radius 2 is 2.29 bits per heavy atom. The maximum Gasteiger partial charge on any atom is 0.134 e. The molecule has 0 amide bonds. The molecule has 14 heavy (non-hydrogen) atoms. The van der Waals surface area contributed by atoms with Crippen LogP contribution in [0.2, 0.25) is 0 Å². The Kier molecular flexibility index (Phi) is 4.08. The van der Waals surface area contributed by atoms with Gasteiger partial charge in [0.2, 0.25) is 0 Å². The van der Waals surface area contributed by atoms with E-state index in [0.717, 1.165) is 14.7 Å². The van der Waals surface area contributed by atoms with Crippen molar-refractivity contribution in [3.63, 3.8) is 0 Å². The van der Waals surface area contributed by atoms with Gasteiger partial charge in [-0.3, -0.25) is 4.79 Å². The molecule has 72 valence electrons. The van der Waals surface area contributed by atoms with Gasteiger partial charge in [0, 0.05) is 9.99 Å². The number of Topliss-reactive ketones (excluding diaryl/α,β-unsaturated/α-hetero) is 1. The van der Waals surface area contributed by atoms with Crippen LogP contribution < -0.4 is 0 Å². The summed E-state index contributed by atoms with van der Waals surface area (Å²) in [6.07, 6.45) is 0.904. The van der Waals surface area contributed by atoms with E-state index >= 15 is 0 Å². The Morgan fingerprint density at radius 3 is 2.79 bits per heavy atom.